The van der Waals surface area contributed by atoms with E-state index in [4.69, 9.17) is 5.73 Å². The molecule has 1 aliphatic carbocycles. The van der Waals surface area contributed by atoms with Gasteiger partial charge in [0, 0.05) is 25.6 Å². The van der Waals surface area contributed by atoms with Crippen LogP contribution in [0.3, 0.4) is 0 Å². The Hall–Kier alpha value is -1.06. The minimum Gasteiger partial charge on any atom is -0.343 e. The number of carbonyl (C=O) groups is 1. The van der Waals surface area contributed by atoms with Crippen LogP contribution in [0.25, 0.3) is 0 Å². The first-order chi connectivity index (χ1) is 8.18. The highest BCUT2D eigenvalue weighted by atomic mass is 35.5. The lowest BCUT2D eigenvalue weighted by atomic mass is 9.91. The summed E-state index contributed by atoms with van der Waals surface area (Å²) in [6, 6.07) is 10.1. The zero-order valence-corrected chi connectivity index (χ0v) is 11.5. The third-order valence-electron chi connectivity index (χ3n) is 3.64. The van der Waals surface area contributed by atoms with Crippen molar-refractivity contribution in [3.63, 3.8) is 0 Å². The van der Waals surface area contributed by atoms with E-state index in [9.17, 15) is 4.79 Å². The molecule has 1 unspecified atom stereocenters. The number of nitrogens with two attached hydrogens (primary N) is 1. The van der Waals surface area contributed by atoms with Crippen molar-refractivity contribution >= 4 is 18.3 Å². The van der Waals surface area contributed by atoms with E-state index in [-0.39, 0.29) is 24.4 Å². The van der Waals surface area contributed by atoms with Gasteiger partial charge in [-0.15, -0.1) is 12.4 Å². The predicted molar refractivity (Wildman–Crippen MR) is 75.6 cm³/mol. The summed E-state index contributed by atoms with van der Waals surface area (Å²) < 4.78 is 0. The summed E-state index contributed by atoms with van der Waals surface area (Å²) >= 11 is 0. The summed E-state index contributed by atoms with van der Waals surface area (Å²) in [5, 5.41) is 0. The first-order valence-electron chi connectivity index (χ1n) is 6.24. The van der Waals surface area contributed by atoms with E-state index >= 15 is 0 Å². The van der Waals surface area contributed by atoms with Gasteiger partial charge in [0.1, 0.15) is 0 Å². The third-order valence-corrected chi connectivity index (χ3v) is 3.64. The van der Waals surface area contributed by atoms with E-state index in [2.05, 4.69) is 0 Å². The second-order valence-corrected chi connectivity index (χ2v) is 4.81. The van der Waals surface area contributed by atoms with Crippen molar-refractivity contribution in [2.24, 2.45) is 5.73 Å². The largest absolute Gasteiger partial charge is 0.343 e. The van der Waals surface area contributed by atoms with Gasteiger partial charge in [-0.1, -0.05) is 30.3 Å². The first-order valence-corrected chi connectivity index (χ1v) is 6.24. The van der Waals surface area contributed by atoms with E-state index in [1.165, 1.54) is 6.42 Å². The smallest absolute Gasteiger partial charge is 0.224 e. The van der Waals surface area contributed by atoms with Crippen molar-refractivity contribution in [3.8, 4) is 0 Å². The van der Waals surface area contributed by atoms with Crippen molar-refractivity contribution in [3.05, 3.63) is 35.9 Å². The highest BCUT2D eigenvalue weighted by Gasteiger charge is 2.26. The number of hydrogen-bond acceptors (Lipinski definition) is 2. The highest BCUT2D eigenvalue weighted by molar-refractivity contribution is 5.85. The molecule has 0 radical (unpaired) electrons. The summed E-state index contributed by atoms with van der Waals surface area (Å²) in [6.07, 6.45) is 3.93. The second-order valence-electron chi connectivity index (χ2n) is 4.81. The standard InChI is InChI=1S/C14H20N2O.ClH/c1-16(12-8-5-9-12)14(17)10-13(15)11-6-3-2-4-7-11;/h2-4,6-7,12-13H,5,8-10,15H2,1H3;1H. The number of halogens is 1. The average molecular weight is 269 g/mol. The Labute approximate surface area is 115 Å². The van der Waals surface area contributed by atoms with Crippen LogP contribution in [0, 0.1) is 0 Å². The lowest BCUT2D eigenvalue weighted by molar-refractivity contribution is -0.133. The van der Waals surface area contributed by atoms with Crippen LogP contribution in [0.15, 0.2) is 30.3 Å². The Kier molecular flexibility index (Phi) is 5.63. The Morgan fingerprint density at radius 3 is 2.50 bits per heavy atom. The highest BCUT2D eigenvalue weighted by Crippen LogP contribution is 2.25. The van der Waals surface area contributed by atoms with Gasteiger partial charge in [-0.25, -0.2) is 0 Å². The fourth-order valence-electron chi connectivity index (χ4n) is 2.13. The molecule has 0 spiro atoms. The first kappa shape index (κ1) is 15.0. The van der Waals surface area contributed by atoms with Crippen molar-refractivity contribution in [2.75, 3.05) is 7.05 Å². The molecule has 0 aromatic heterocycles. The molecule has 1 aromatic rings. The van der Waals surface area contributed by atoms with Gasteiger partial charge in [-0.05, 0) is 24.8 Å². The number of carbonyl (C=O) groups excluding carboxylic acids is 1. The molecule has 18 heavy (non-hydrogen) atoms. The lowest BCUT2D eigenvalue weighted by Crippen LogP contribution is -2.42. The van der Waals surface area contributed by atoms with Gasteiger partial charge in [-0.3, -0.25) is 4.79 Å². The van der Waals surface area contributed by atoms with Gasteiger partial charge in [0.2, 0.25) is 5.91 Å². The lowest BCUT2D eigenvalue weighted by Gasteiger charge is -2.35. The Morgan fingerprint density at radius 2 is 2.00 bits per heavy atom. The average Bonchev–Trinajstić information content (AvgIpc) is 2.27. The molecular formula is C14H21ClN2O. The van der Waals surface area contributed by atoms with E-state index in [0.717, 1.165) is 18.4 Å². The molecule has 1 saturated carbocycles. The number of nitrogens with zero attached hydrogens (tertiary/aromatic N) is 1. The van der Waals surface area contributed by atoms with Crippen LogP contribution in [-0.4, -0.2) is 23.9 Å². The fourth-order valence-corrected chi connectivity index (χ4v) is 2.13. The van der Waals surface area contributed by atoms with Crippen molar-refractivity contribution in [1.29, 1.82) is 0 Å². The molecule has 1 aromatic carbocycles. The van der Waals surface area contributed by atoms with Crippen LogP contribution >= 0.6 is 12.4 Å². The van der Waals surface area contributed by atoms with Crippen molar-refractivity contribution < 1.29 is 4.79 Å². The van der Waals surface area contributed by atoms with Crippen LogP contribution in [0.1, 0.15) is 37.3 Å². The minimum absolute atomic E-state index is 0. The molecule has 100 valence electrons. The Balaban J connectivity index is 0.00000162. The number of amides is 1. The predicted octanol–water partition coefficient (Wildman–Crippen LogP) is 2.51. The minimum atomic E-state index is -0.189. The monoisotopic (exact) mass is 268 g/mol. The molecule has 0 bridgehead atoms. The third kappa shape index (κ3) is 3.47. The molecule has 1 fully saturated rings. The SMILES string of the molecule is CN(C(=O)CC(N)c1ccccc1)C1CCC1.Cl. The van der Waals surface area contributed by atoms with Crippen molar-refractivity contribution in [2.45, 2.75) is 37.8 Å². The van der Waals surface area contributed by atoms with Crippen LogP contribution in [-0.2, 0) is 4.79 Å². The summed E-state index contributed by atoms with van der Waals surface area (Å²) in [4.78, 5) is 13.9. The summed E-state index contributed by atoms with van der Waals surface area (Å²) in [6.45, 7) is 0. The van der Waals surface area contributed by atoms with Crippen molar-refractivity contribution in [1.82, 2.24) is 4.90 Å². The summed E-state index contributed by atoms with van der Waals surface area (Å²) in [5.41, 5.74) is 7.08. The molecule has 1 aliphatic rings. The maximum Gasteiger partial charge on any atom is 0.224 e. The second kappa shape index (κ2) is 6.76. The molecule has 2 N–H and O–H groups in total. The van der Waals surface area contributed by atoms with Gasteiger partial charge >= 0.3 is 0 Å². The molecule has 4 heteroatoms. The number of hydrogen-bond donors (Lipinski definition) is 1. The van der Waals surface area contributed by atoms with E-state index in [0.29, 0.717) is 12.5 Å². The quantitative estimate of drug-likeness (QED) is 0.912. The van der Waals surface area contributed by atoms with E-state index in [1.807, 2.05) is 42.3 Å². The van der Waals surface area contributed by atoms with Crippen LogP contribution in [0.5, 0.6) is 0 Å². The fraction of sp³-hybridized carbons (Fsp3) is 0.500. The van der Waals surface area contributed by atoms with Gasteiger partial charge in [0.15, 0.2) is 0 Å². The van der Waals surface area contributed by atoms with E-state index in [1.54, 1.807) is 0 Å². The van der Waals surface area contributed by atoms with Crippen LogP contribution < -0.4 is 5.73 Å². The zero-order chi connectivity index (χ0) is 12.3. The number of rotatable bonds is 4. The summed E-state index contributed by atoms with van der Waals surface area (Å²) in [7, 11) is 1.89. The van der Waals surface area contributed by atoms with Gasteiger partial charge in [-0.2, -0.15) is 0 Å². The normalized spacial score (nSPS) is 16.3. The maximum atomic E-state index is 12.0. The molecule has 1 atom stereocenters. The molecule has 1 amide bonds. The zero-order valence-electron chi connectivity index (χ0n) is 10.7. The van der Waals surface area contributed by atoms with Gasteiger partial charge < -0.3 is 10.6 Å². The summed E-state index contributed by atoms with van der Waals surface area (Å²) in [5.74, 6) is 0.158. The molecule has 0 heterocycles. The number of benzene rings is 1. The van der Waals surface area contributed by atoms with Crippen LogP contribution in [0.4, 0.5) is 0 Å². The maximum absolute atomic E-state index is 12.0. The molecular weight excluding hydrogens is 248 g/mol. The molecule has 3 nitrogen and oxygen atoms in total. The topological polar surface area (TPSA) is 46.3 Å². The Bertz CT molecular complexity index is 379. The Morgan fingerprint density at radius 1 is 1.39 bits per heavy atom. The molecule has 0 aliphatic heterocycles. The van der Waals surface area contributed by atoms with Gasteiger partial charge in [0.25, 0.3) is 0 Å². The van der Waals surface area contributed by atoms with Gasteiger partial charge in [0.05, 0.1) is 0 Å². The molecule has 2 rings (SSSR count). The van der Waals surface area contributed by atoms with E-state index < -0.39 is 0 Å². The van der Waals surface area contributed by atoms with Crippen LogP contribution in [0.2, 0.25) is 0 Å². The molecule has 0 saturated heterocycles.